The van der Waals surface area contributed by atoms with Gasteiger partial charge in [-0.1, -0.05) is 66.7 Å². The Bertz CT molecular complexity index is 1700. The van der Waals surface area contributed by atoms with Crippen LogP contribution >= 0.6 is 11.8 Å². The predicted molar refractivity (Wildman–Crippen MR) is 172 cm³/mol. The van der Waals surface area contributed by atoms with Crippen molar-refractivity contribution in [3.05, 3.63) is 95.6 Å². The minimum absolute atomic E-state index is 0.000539. The molecule has 3 aromatic carbocycles. The third kappa shape index (κ3) is 5.57. The van der Waals surface area contributed by atoms with Gasteiger partial charge in [0, 0.05) is 49.8 Å². The molecular weight excluding hydrogens is 574 g/mol. The highest BCUT2D eigenvalue weighted by Crippen LogP contribution is 2.50. The first kappa shape index (κ1) is 29.5. The van der Waals surface area contributed by atoms with Crippen molar-refractivity contribution in [3.8, 4) is 22.7 Å². The number of hydrogen-bond donors (Lipinski definition) is 0. The van der Waals surface area contributed by atoms with Crippen molar-refractivity contribution in [1.29, 1.82) is 0 Å². The quantitative estimate of drug-likeness (QED) is 0.315. The van der Waals surface area contributed by atoms with E-state index in [0.29, 0.717) is 32.0 Å². The molecule has 1 aromatic heterocycles. The van der Waals surface area contributed by atoms with Crippen LogP contribution in [0.25, 0.3) is 16.9 Å². The van der Waals surface area contributed by atoms with Crippen LogP contribution < -0.4 is 9.64 Å². The van der Waals surface area contributed by atoms with Gasteiger partial charge >= 0.3 is 0 Å². The predicted octanol–water partition coefficient (Wildman–Crippen LogP) is 4.72. The van der Waals surface area contributed by atoms with Crippen LogP contribution in [0.4, 0.5) is 5.82 Å². The topological polar surface area (TPSA) is 88.0 Å². The van der Waals surface area contributed by atoms with Crippen LogP contribution in [0.5, 0.6) is 5.75 Å². The zero-order chi connectivity index (χ0) is 30.8. The van der Waals surface area contributed by atoms with Crippen LogP contribution in [0, 0.1) is 6.92 Å². The van der Waals surface area contributed by atoms with E-state index in [1.165, 1.54) is 11.8 Å². The number of anilines is 1. The maximum absolute atomic E-state index is 14.1. The summed E-state index contributed by atoms with van der Waals surface area (Å²) in [4.78, 5) is 44.9. The Balaban J connectivity index is 1.54. The van der Waals surface area contributed by atoms with Crippen molar-refractivity contribution < 1.29 is 19.1 Å². The number of rotatable bonds is 6. The second-order valence-electron chi connectivity index (χ2n) is 10.9. The summed E-state index contributed by atoms with van der Waals surface area (Å²) in [6.07, 6.45) is 0. The molecule has 2 aliphatic rings. The lowest BCUT2D eigenvalue weighted by molar-refractivity contribution is -0.137. The van der Waals surface area contributed by atoms with E-state index in [-0.39, 0.29) is 35.3 Å². The fourth-order valence-corrected chi connectivity index (χ4v) is 7.16. The number of carbonyl (C=O) groups is 3. The molecule has 44 heavy (non-hydrogen) atoms. The van der Waals surface area contributed by atoms with Crippen molar-refractivity contribution >= 4 is 35.3 Å². The largest absolute Gasteiger partial charge is 0.496 e. The van der Waals surface area contributed by atoms with Gasteiger partial charge in [0.2, 0.25) is 17.7 Å². The number of ether oxygens (including phenoxy) is 1. The van der Waals surface area contributed by atoms with Crippen molar-refractivity contribution in [2.45, 2.75) is 19.1 Å². The fourth-order valence-electron chi connectivity index (χ4n) is 5.93. The van der Waals surface area contributed by atoms with Gasteiger partial charge in [-0.15, -0.1) is 11.8 Å². The molecule has 0 N–H and O–H groups in total. The maximum Gasteiger partial charge on any atom is 0.242 e. The van der Waals surface area contributed by atoms with Crippen LogP contribution in [0.15, 0.2) is 78.9 Å². The highest BCUT2D eigenvalue weighted by Gasteiger charge is 2.39. The molecule has 1 atom stereocenters. The molecule has 1 saturated heterocycles. The molecular formula is C34H35N5O4S. The Morgan fingerprint density at radius 2 is 1.57 bits per heavy atom. The highest BCUT2D eigenvalue weighted by atomic mass is 32.2. The van der Waals surface area contributed by atoms with E-state index in [1.807, 2.05) is 90.5 Å². The average molecular weight is 610 g/mol. The third-order valence-electron chi connectivity index (χ3n) is 8.27. The molecule has 3 heterocycles. The van der Waals surface area contributed by atoms with Crippen LogP contribution in [0.3, 0.4) is 0 Å². The van der Waals surface area contributed by atoms with E-state index in [1.54, 1.807) is 28.7 Å². The molecule has 0 aliphatic carbocycles. The average Bonchev–Trinajstić information content (AvgIpc) is 3.37. The molecule has 0 spiro atoms. The summed E-state index contributed by atoms with van der Waals surface area (Å²) in [7, 11) is 1.65. The van der Waals surface area contributed by atoms with Crippen LogP contribution in [-0.4, -0.2) is 82.9 Å². The van der Waals surface area contributed by atoms with Crippen LogP contribution in [0.1, 0.15) is 28.9 Å². The SMILES string of the molecule is COc1ccccc1C1SCC(=O)N(CC(=O)N2CCN(C(C)=O)CC2)c2c1c(-c1ccccc1)nn2-c1ccccc1C. The highest BCUT2D eigenvalue weighted by molar-refractivity contribution is 8.00. The normalized spacial score (nSPS) is 16.8. The van der Waals surface area contributed by atoms with Gasteiger partial charge in [-0.3, -0.25) is 19.3 Å². The summed E-state index contributed by atoms with van der Waals surface area (Å²) in [5.41, 5.74) is 5.27. The van der Waals surface area contributed by atoms with Gasteiger partial charge in [0.15, 0.2) is 0 Å². The fraction of sp³-hybridized carbons (Fsp3) is 0.294. The number of fused-ring (bicyclic) bond motifs is 1. The Kier molecular flexibility index (Phi) is 8.43. The Morgan fingerprint density at radius 3 is 2.27 bits per heavy atom. The van der Waals surface area contributed by atoms with Crippen molar-refractivity contribution in [2.75, 3.05) is 50.5 Å². The summed E-state index contributed by atoms with van der Waals surface area (Å²) in [5.74, 6) is 1.15. The number of piperazine rings is 1. The van der Waals surface area contributed by atoms with E-state index in [0.717, 1.165) is 39.4 Å². The first-order valence-electron chi connectivity index (χ1n) is 14.7. The lowest BCUT2D eigenvalue weighted by Gasteiger charge is -2.35. The maximum atomic E-state index is 14.1. The summed E-state index contributed by atoms with van der Waals surface area (Å²) in [6.45, 7) is 5.24. The second-order valence-corrected chi connectivity index (χ2v) is 12.0. The molecule has 0 saturated carbocycles. The first-order valence-corrected chi connectivity index (χ1v) is 15.7. The van der Waals surface area contributed by atoms with Gasteiger partial charge in [0.05, 0.1) is 29.5 Å². The molecule has 3 amide bonds. The standard InChI is InChI=1S/C34H35N5O4S/c1-23-11-7-9-15-27(23)39-34-31(32(35-39)25-12-5-4-6-13-25)33(26-14-8-10-16-28(26)43-3)44-22-30(42)38(34)21-29(41)37-19-17-36(18-20-37)24(2)40/h4-16,33H,17-22H2,1-3H3. The van der Waals surface area contributed by atoms with Crippen molar-refractivity contribution in [1.82, 2.24) is 19.6 Å². The first-order chi connectivity index (χ1) is 21.4. The van der Waals surface area contributed by atoms with Crippen molar-refractivity contribution in [3.63, 3.8) is 0 Å². The Hall–Kier alpha value is -4.57. The number of para-hydroxylation sites is 2. The van der Waals surface area contributed by atoms with E-state index >= 15 is 0 Å². The zero-order valence-corrected chi connectivity index (χ0v) is 25.9. The van der Waals surface area contributed by atoms with Gasteiger partial charge in [-0.05, 0) is 24.6 Å². The van der Waals surface area contributed by atoms with Gasteiger partial charge in [0.25, 0.3) is 0 Å². The molecule has 6 rings (SSSR count). The zero-order valence-electron chi connectivity index (χ0n) is 25.1. The monoisotopic (exact) mass is 609 g/mol. The van der Waals surface area contributed by atoms with Gasteiger partial charge in [-0.2, -0.15) is 5.10 Å². The van der Waals surface area contributed by atoms with Gasteiger partial charge in [0.1, 0.15) is 18.1 Å². The Morgan fingerprint density at radius 1 is 0.909 bits per heavy atom. The number of benzene rings is 3. The number of carbonyl (C=O) groups excluding carboxylic acids is 3. The summed E-state index contributed by atoms with van der Waals surface area (Å²) >= 11 is 1.52. The van der Waals surface area contributed by atoms with Gasteiger partial charge in [-0.25, -0.2) is 4.68 Å². The molecule has 226 valence electrons. The third-order valence-corrected chi connectivity index (χ3v) is 9.51. The Labute approximate surface area is 261 Å². The molecule has 4 aromatic rings. The lowest BCUT2D eigenvalue weighted by atomic mass is 9.99. The lowest BCUT2D eigenvalue weighted by Crippen LogP contribution is -2.53. The summed E-state index contributed by atoms with van der Waals surface area (Å²) < 4.78 is 7.64. The number of aromatic nitrogens is 2. The number of aryl methyl sites for hydroxylation is 1. The number of amides is 3. The molecule has 1 unspecified atom stereocenters. The minimum Gasteiger partial charge on any atom is -0.496 e. The molecule has 1 fully saturated rings. The molecule has 0 radical (unpaired) electrons. The van der Waals surface area contributed by atoms with E-state index in [2.05, 4.69) is 0 Å². The van der Waals surface area contributed by atoms with Crippen LogP contribution in [0.2, 0.25) is 0 Å². The molecule has 0 bridgehead atoms. The van der Waals surface area contributed by atoms with E-state index in [9.17, 15) is 14.4 Å². The molecule has 2 aliphatic heterocycles. The van der Waals surface area contributed by atoms with Crippen LogP contribution in [-0.2, 0) is 14.4 Å². The molecule has 9 nitrogen and oxygen atoms in total. The van der Waals surface area contributed by atoms with E-state index < -0.39 is 0 Å². The number of thioether (sulfide) groups is 1. The van der Waals surface area contributed by atoms with Crippen molar-refractivity contribution in [2.24, 2.45) is 0 Å². The number of hydrogen-bond acceptors (Lipinski definition) is 6. The van der Waals surface area contributed by atoms with Gasteiger partial charge < -0.3 is 14.5 Å². The number of methoxy groups -OCH3 is 1. The summed E-state index contributed by atoms with van der Waals surface area (Å²) in [5, 5.41) is 4.91. The number of nitrogens with zero attached hydrogens (tertiary/aromatic N) is 5. The molecule has 10 heteroatoms. The minimum atomic E-state index is -0.294. The smallest absolute Gasteiger partial charge is 0.242 e. The second kappa shape index (κ2) is 12.6. The summed E-state index contributed by atoms with van der Waals surface area (Å²) in [6, 6.07) is 25.7. The van der Waals surface area contributed by atoms with E-state index in [4.69, 9.17) is 9.84 Å².